The average molecular weight is 170 g/mol. The molecule has 0 bridgehead atoms. The fourth-order valence-corrected chi connectivity index (χ4v) is 1.04. The number of hydrogen-bond donors (Lipinski definition) is 1. The molecule has 0 aliphatic heterocycles. The van der Waals surface area contributed by atoms with E-state index in [1.807, 2.05) is 0 Å². The Balaban J connectivity index is 2.92. The normalized spacial score (nSPS) is 10.6. The van der Waals surface area contributed by atoms with Gasteiger partial charge in [0.15, 0.2) is 5.65 Å². The number of H-pyrrole nitrogens is 1. The zero-order valence-electron chi connectivity index (χ0n) is 5.41. The highest BCUT2D eigenvalue weighted by Crippen LogP contribution is 2.06. The molecule has 0 aliphatic rings. The molecule has 2 rings (SSSR count). The van der Waals surface area contributed by atoms with Gasteiger partial charge in [0.25, 0.3) is 0 Å². The predicted octanol–water partition coefficient (Wildman–Crippen LogP) is 0.676. The molecule has 0 saturated heterocycles. The van der Waals surface area contributed by atoms with E-state index in [0.29, 0.717) is 10.7 Å². The maximum absolute atomic E-state index is 10.7. The van der Waals surface area contributed by atoms with Crippen molar-refractivity contribution in [1.82, 2.24) is 14.6 Å². The Morgan fingerprint density at radius 3 is 3.18 bits per heavy atom. The van der Waals surface area contributed by atoms with Crippen LogP contribution in [0.3, 0.4) is 0 Å². The van der Waals surface area contributed by atoms with Gasteiger partial charge >= 0.3 is 5.69 Å². The summed E-state index contributed by atoms with van der Waals surface area (Å²) in [6.45, 7) is 0. The van der Waals surface area contributed by atoms with Gasteiger partial charge in [0.2, 0.25) is 0 Å². The lowest BCUT2D eigenvalue weighted by Crippen LogP contribution is -2.01. The summed E-state index contributed by atoms with van der Waals surface area (Å²) in [5.74, 6) is 0. The number of rotatable bonds is 0. The van der Waals surface area contributed by atoms with Crippen LogP contribution in [-0.4, -0.2) is 14.6 Å². The van der Waals surface area contributed by atoms with E-state index < -0.39 is 0 Å². The molecule has 56 valence electrons. The predicted molar refractivity (Wildman–Crippen MR) is 40.8 cm³/mol. The smallest absolute Gasteiger partial charge is 0.244 e. The van der Waals surface area contributed by atoms with E-state index in [-0.39, 0.29) is 5.69 Å². The van der Waals surface area contributed by atoms with Gasteiger partial charge in [-0.3, -0.25) is 0 Å². The molecule has 0 aromatic carbocycles. The molecule has 0 amide bonds. The van der Waals surface area contributed by atoms with E-state index >= 15 is 0 Å². The first-order valence-corrected chi connectivity index (χ1v) is 3.37. The standard InChI is InChI=1S/C6H4ClN3O/c7-4-1-2-5-8-6(11)9-10(5)3-4/h1-3H,(H,9,11). The minimum atomic E-state index is -0.368. The van der Waals surface area contributed by atoms with Gasteiger partial charge < -0.3 is 0 Å². The number of nitrogens with zero attached hydrogens (tertiary/aromatic N) is 2. The van der Waals surface area contributed by atoms with Crippen LogP contribution in [0, 0.1) is 0 Å². The minimum absolute atomic E-state index is 0.368. The van der Waals surface area contributed by atoms with Crippen molar-refractivity contribution in [2.45, 2.75) is 0 Å². The highest BCUT2D eigenvalue weighted by molar-refractivity contribution is 6.30. The molecule has 0 unspecified atom stereocenters. The number of nitrogens with one attached hydrogen (secondary N) is 1. The molecule has 2 aromatic rings. The van der Waals surface area contributed by atoms with Crippen molar-refractivity contribution in [2.75, 3.05) is 0 Å². The number of fused-ring (bicyclic) bond motifs is 1. The van der Waals surface area contributed by atoms with Crippen LogP contribution in [0.4, 0.5) is 0 Å². The van der Waals surface area contributed by atoms with Gasteiger partial charge in [-0.2, -0.15) is 4.98 Å². The lowest BCUT2D eigenvalue weighted by Gasteiger charge is -1.90. The fourth-order valence-electron chi connectivity index (χ4n) is 0.880. The lowest BCUT2D eigenvalue weighted by molar-refractivity contribution is 0.935. The third-order valence-corrected chi connectivity index (χ3v) is 1.55. The van der Waals surface area contributed by atoms with E-state index in [1.54, 1.807) is 18.3 Å². The summed E-state index contributed by atoms with van der Waals surface area (Å²) in [7, 11) is 0. The number of aromatic amines is 1. The molecule has 5 heteroatoms. The Hall–Kier alpha value is -1.29. The van der Waals surface area contributed by atoms with E-state index in [9.17, 15) is 4.79 Å². The first kappa shape index (κ1) is 6.42. The summed E-state index contributed by atoms with van der Waals surface area (Å²) in [5, 5.41) is 3.03. The molecule has 0 atom stereocenters. The Bertz CT molecular complexity index is 444. The number of aromatic nitrogens is 3. The first-order valence-electron chi connectivity index (χ1n) is 3.00. The Morgan fingerprint density at radius 1 is 1.55 bits per heavy atom. The molecular formula is C6H4ClN3O. The summed E-state index contributed by atoms with van der Waals surface area (Å²) in [5.41, 5.74) is 0.201. The molecule has 0 aliphatic carbocycles. The van der Waals surface area contributed by atoms with Gasteiger partial charge in [0.1, 0.15) is 0 Å². The summed E-state index contributed by atoms with van der Waals surface area (Å²) in [4.78, 5) is 14.3. The van der Waals surface area contributed by atoms with Gasteiger partial charge in [-0.1, -0.05) is 11.6 Å². The third-order valence-electron chi connectivity index (χ3n) is 1.32. The van der Waals surface area contributed by atoms with Crippen molar-refractivity contribution in [3.63, 3.8) is 0 Å². The average Bonchev–Trinajstić information content (AvgIpc) is 2.27. The SMILES string of the molecule is O=c1nc2ccc(Cl)cn2[nH]1. The van der Waals surface area contributed by atoms with E-state index in [2.05, 4.69) is 10.1 Å². The summed E-state index contributed by atoms with van der Waals surface area (Å²) in [6.07, 6.45) is 1.59. The molecule has 0 spiro atoms. The molecule has 0 radical (unpaired) electrons. The Kier molecular flexibility index (Phi) is 1.22. The van der Waals surface area contributed by atoms with Crippen molar-refractivity contribution >= 4 is 17.2 Å². The Labute approximate surface area is 66.4 Å². The van der Waals surface area contributed by atoms with Gasteiger partial charge in [-0.05, 0) is 12.1 Å². The highest BCUT2D eigenvalue weighted by Gasteiger charge is 1.95. The topological polar surface area (TPSA) is 50.2 Å². The first-order chi connectivity index (χ1) is 5.25. The lowest BCUT2D eigenvalue weighted by atomic mass is 10.5. The van der Waals surface area contributed by atoms with Crippen molar-refractivity contribution in [3.8, 4) is 0 Å². The maximum Gasteiger partial charge on any atom is 0.362 e. The number of halogens is 1. The summed E-state index contributed by atoms with van der Waals surface area (Å²) in [6, 6.07) is 3.34. The van der Waals surface area contributed by atoms with Crippen LogP contribution >= 0.6 is 11.6 Å². The second kappa shape index (κ2) is 2.10. The van der Waals surface area contributed by atoms with Gasteiger partial charge in [0.05, 0.1) is 5.02 Å². The maximum atomic E-state index is 10.7. The molecule has 4 nitrogen and oxygen atoms in total. The van der Waals surface area contributed by atoms with E-state index in [0.717, 1.165) is 0 Å². The molecule has 1 N–H and O–H groups in total. The van der Waals surface area contributed by atoms with E-state index in [1.165, 1.54) is 4.52 Å². The summed E-state index contributed by atoms with van der Waals surface area (Å²) >= 11 is 5.66. The molecule has 2 heterocycles. The monoisotopic (exact) mass is 169 g/mol. The van der Waals surface area contributed by atoms with Crippen LogP contribution in [-0.2, 0) is 0 Å². The summed E-state index contributed by atoms with van der Waals surface area (Å²) < 4.78 is 1.48. The molecule has 0 fully saturated rings. The van der Waals surface area contributed by atoms with Crippen molar-refractivity contribution in [2.24, 2.45) is 0 Å². The largest absolute Gasteiger partial charge is 0.362 e. The molecule has 0 saturated carbocycles. The quantitative estimate of drug-likeness (QED) is 0.631. The second-order valence-corrected chi connectivity index (χ2v) is 2.54. The van der Waals surface area contributed by atoms with E-state index in [4.69, 9.17) is 11.6 Å². The van der Waals surface area contributed by atoms with Gasteiger partial charge in [-0.15, -0.1) is 0 Å². The highest BCUT2D eigenvalue weighted by atomic mass is 35.5. The van der Waals surface area contributed by atoms with Gasteiger partial charge in [0, 0.05) is 6.20 Å². The third kappa shape index (κ3) is 1.01. The van der Waals surface area contributed by atoms with Crippen LogP contribution in [0.1, 0.15) is 0 Å². The van der Waals surface area contributed by atoms with Crippen LogP contribution in [0.15, 0.2) is 23.1 Å². The second-order valence-electron chi connectivity index (χ2n) is 2.10. The van der Waals surface area contributed by atoms with Crippen molar-refractivity contribution in [1.29, 1.82) is 0 Å². The van der Waals surface area contributed by atoms with Crippen LogP contribution in [0.25, 0.3) is 5.65 Å². The van der Waals surface area contributed by atoms with Gasteiger partial charge in [-0.25, -0.2) is 14.4 Å². The zero-order valence-corrected chi connectivity index (χ0v) is 6.17. The number of hydrogen-bond acceptors (Lipinski definition) is 2. The number of pyridine rings is 1. The van der Waals surface area contributed by atoms with Crippen LogP contribution in [0.2, 0.25) is 5.02 Å². The van der Waals surface area contributed by atoms with Crippen LogP contribution < -0.4 is 5.69 Å². The van der Waals surface area contributed by atoms with Crippen molar-refractivity contribution in [3.05, 3.63) is 33.8 Å². The molecule has 2 aromatic heterocycles. The fraction of sp³-hybridized carbons (Fsp3) is 0. The molecular weight excluding hydrogens is 166 g/mol. The molecule has 11 heavy (non-hydrogen) atoms. The van der Waals surface area contributed by atoms with Crippen LogP contribution in [0.5, 0.6) is 0 Å². The minimum Gasteiger partial charge on any atom is -0.244 e. The zero-order chi connectivity index (χ0) is 7.84. The van der Waals surface area contributed by atoms with Crippen molar-refractivity contribution < 1.29 is 0 Å². The Morgan fingerprint density at radius 2 is 2.36 bits per heavy atom.